The van der Waals surface area contributed by atoms with Crippen molar-refractivity contribution in [2.75, 3.05) is 17.2 Å². The maximum absolute atomic E-state index is 13.7. The van der Waals surface area contributed by atoms with Gasteiger partial charge in [0.05, 0.1) is 11.3 Å². The van der Waals surface area contributed by atoms with Gasteiger partial charge in [-0.3, -0.25) is 9.59 Å². The average molecular weight is 406 g/mol. The quantitative estimate of drug-likeness (QED) is 0.565. The molecule has 0 spiro atoms. The molecule has 0 aliphatic rings. The second-order valence-electron chi connectivity index (χ2n) is 7.04. The van der Waals surface area contributed by atoms with Crippen LogP contribution < -0.4 is 15.4 Å². The lowest BCUT2D eigenvalue weighted by molar-refractivity contribution is -0.118. The van der Waals surface area contributed by atoms with Crippen LogP contribution in [0.2, 0.25) is 0 Å². The van der Waals surface area contributed by atoms with Crippen molar-refractivity contribution in [1.82, 2.24) is 0 Å². The van der Waals surface area contributed by atoms with Gasteiger partial charge in [0.25, 0.3) is 11.8 Å². The van der Waals surface area contributed by atoms with Gasteiger partial charge in [-0.15, -0.1) is 0 Å². The lowest BCUT2D eigenvalue weighted by atomic mass is 10.0. The number of hydrogen-bond acceptors (Lipinski definition) is 3. The molecule has 0 bridgehead atoms. The van der Waals surface area contributed by atoms with Crippen molar-refractivity contribution >= 4 is 23.2 Å². The van der Waals surface area contributed by atoms with E-state index in [-0.39, 0.29) is 24.0 Å². The number of para-hydroxylation sites is 2. The third-order valence-corrected chi connectivity index (χ3v) is 4.47. The smallest absolute Gasteiger partial charge is 0.262 e. The van der Waals surface area contributed by atoms with Crippen LogP contribution in [0.15, 0.2) is 72.8 Å². The van der Waals surface area contributed by atoms with Gasteiger partial charge in [-0.25, -0.2) is 4.39 Å². The van der Waals surface area contributed by atoms with E-state index in [1.807, 2.05) is 24.3 Å². The summed E-state index contributed by atoms with van der Waals surface area (Å²) in [5, 5.41) is 5.27. The molecule has 0 saturated carbocycles. The van der Waals surface area contributed by atoms with Crippen LogP contribution in [-0.4, -0.2) is 18.4 Å². The molecule has 5 nitrogen and oxygen atoms in total. The second kappa shape index (κ2) is 9.69. The van der Waals surface area contributed by atoms with Gasteiger partial charge in [0, 0.05) is 5.69 Å². The summed E-state index contributed by atoms with van der Waals surface area (Å²) >= 11 is 0. The Morgan fingerprint density at radius 1 is 0.900 bits per heavy atom. The van der Waals surface area contributed by atoms with Gasteiger partial charge >= 0.3 is 0 Å². The van der Waals surface area contributed by atoms with E-state index in [4.69, 9.17) is 4.74 Å². The summed E-state index contributed by atoms with van der Waals surface area (Å²) in [5.41, 5.74) is 2.21. The molecule has 0 radical (unpaired) electrons. The van der Waals surface area contributed by atoms with Crippen molar-refractivity contribution in [1.29, 1.82) is 0 Å². The molecule has 3 aromatic rings. The maximum Gasteiger partial charge on any atom is 0.262 e. The van der Waals surface area contributed by atoms with Crippen LogP contribution in [0.5, 0.6) is 5.75 Å². The third-order valence-electron chi connectivity index (χ3n) is 4.47. The molecular formula is C24H23FN2O3. The molecule has 2 N–H and O–H groups in total. The summed E-state index contributed by atoms with van der Waals surface area (Å²) in [5.74, 6) is -0.747. The fourth-order valence-corrected chi connectivity index (χ4v) is 2.82. The van der Waals surface area contributed by atoms with E-state index in [9.17, 15) is 14.0 Å². The van der Waals surface area contributed by atoms with Gasteiger partial charge in [-0.2, -0.15) is 0 Å². The van der Waals surface area contributed by atoms with Crippen molar-refractivity contribution in [3.63, 3.8) is 0 Å². The van der Waals surface area contributed by atoms with Gasteiger partial charge in [-0.1, -0.05) is 50.2 Å². The van der Waals surface area contributed by atoms with Gasteiger partial charge in [0.2, 0.25) is 0 Å². The molecule has 0 fully saturated rings. The van der Waals surface area contributed by atoms with Gasteiger partial charge in [0.1, 0.15) is 11.6 Å². The molecule has 154 valence electrons. The predicted molar refractivity (Wildman–Crippen MR) is 115 cm³/mol. The van der Waals surface area contributed by atoms with Crippen LogP contribution in [0.1, 0.15) is 35.7 Å². The molecule has 3 aromatic carbocycles. The topological polar surface area (TPSA) is 67.4 Å². The highest BCUT2D eigenvalue weighted by atomic mass is 19.1. The number of anilines is 2. The highest BCUT2D eigenvalue weighted by Gasteiger charge is 2.14. The van der Waals surface area contributed by atoms with Crippen molar-refractivity contribution in [2.45, 2.75) is 19.8 Å². The maximum atomic E-state index is 13.7. The molecule has 0 saturated heterocycles. The first kappa shape index (κ1) is 21.0. The summed E-state index contributed by atoms with van der Waals surface area (Å²) in [6.45, 7) is 3.84. The van der Waals surface area contributed by atoms with Gasteiger partial charge < -0.3 is 15.4 Å². The van der Waals surface area contributed by atoms with E-state index in [2.05, 4.69) is 24.5 Å². The SMILES string of the molecule is CC(C)c1ccc(NC(=O)c2ccccc2OCC(=O)Nc2ccccc2F)cc1. The minimum Gasteiger partial charge on any atom is -0.483 e. The first-order valence-electron chi connectivity index (χ1n) is 9.61. The van der Waals surface area contributed by atoms with E-state index in [0.29, 0.717) is 17.2 Å². The van der Waals surface area contributed by atoms with E-state index in [0.717, 1.165) is 0 Å². The van der Waals surface area contributed by atoms with Crippen molar-refractivity contribution in [3.05, 3.63) is 89.7 Å². The van der Waals surface area contributed by atoms with E-state index in [1.54, 1.807) is 30.3 Å². The minimum atomic E-state index is -0.533. The predicted octanol–water partition coefficient (Wildman–Crippen LogP) is 5.22. The Morgan fingerprint density at radius 2 is 1.57 bits per heavy atom. The Labute approximate surface area is 174 Å². The number of carbonyl (C=O) groups is 2. The Morgan fingerprint density at radius 3 is 2.27 bits per heavy atom. The fourth-order valence-electron chi connectivity index (χ4n) is 2.82. The number of rotatable bonds is 7. The number of amides is 2. The molecule has 0 aliphatic heterocycles. The standard InChI is InChI=1S/C24H23FN2O3/c1-16(2)17-11-13-18(14-12-17)26-24(29)19-7-3-6-10-22(19)30-15-23(28)27-21-9-5-4-8-20(21)25/h3-14,16H,15H2,1-2H3,(H,26,29)(H,27,28). The van der Waals surface area contributed by atoms with Crippen LogP contribution in [0, 0.1) is 5.82 Å². The molecule has 0 atom stereocenters. The monoisotopic (exact) mass is 406 g/mol. The number of ether oxygens (including phenoxy) is 1. The van der Waals surface area contributed by atoms with Crippen molar-refractivity contribution in [2.24, 2.45) is 0 Å². The average Bonchev–Trinajstić information content (AvgIpc) is 2.74. The van der Waals surface area contributed by atoms with Gasteiger partial charge in [0.15, 0.2) is 6.61 Å². The summed E-state index contributed by atoms with van der Waals surface area (Å²) in [7, 11) is 0. The van der Waals surface area contributed by atoms with Crippen LogP contribution in [-0.2, 0) is 4.79 Å². The van der Waals surface area contributed by atoms with Crippen LogP contribution in [0.25, 0.3) is 0 Å². The highest BCUT2D eigenvalue weighted by Crippen LogP contribution is 2.22. The lowest BCUT2D eigenvalue weighted by Crippen LogP contribution is -2.22. The Hall–Kier alpha value is -3.67. The van der Waals surface area contributed by atoms with E-state index in [1.165, 1.54) is 23.8 Å². The summed E-state index contributed by atoms with van der Waals surface area (Å²) in [4.78, 5) is 24.8. The number of benzene rings is 3. The number of nitrogens with one attached hydrogen (secondary N) is 2. The second-order valence-corrected chi connectivity index (χ2v) is 7.04. The molecule has 6 heteroatoms. The Bertz CT molecular complexity index is 1030. The largest absolute Gasteiger partial charge is 0.483 e. The summed E-state index contributed by atoms with van der Waals surface area (Å²) in [6.07, 6.45) is 0. The Balaban J connectivity index is 1.64. The molecule has 30 heavy (non-hydrogen) atoms. The molecule has 0 aromatic heterocycles. The molecular weight excluding hydrogens is 383 g/mol. The number of halogens is 1. The normalized spacial score (nSPS) is 10.5. The van der Waals surface area contributed by atoms with Gasteiger partial charge in [-0.05, 0) is 47.9 Å². The van der Waals surface area contributed by atoms with E-state index < -0.39 is 11.7 Å². The molecule has 0 unspecified atom stereocenters. The number of hydrogen-bond donors (Lipinski definition) is 2. The van der Waals surface area contributed by atoms with Crippen LogP contribution >= 0.6 is 0 Å². The first-order valence-corrected chi connectivity index (χ1v) is 9.61. The third kappa shape index (κ3) is 5.44. The highest BCUT2D eigenvalue weighted by molar-refractivity contribution is 6.06. The zero-order chi connectivity index (χ0) is 21.5. The zero-order valence-electron chi connectivity index (χ0n) is 16.8. The molecule has 0 heterocycles. The molecule has 0 aliphatic carbocycles. The fraction of sp³-hybridized carbons (Fsp3) is 0.167. The minimum absolute atomic E-state index is 0.0713. The van der Waals surface area contributed by atoms with Crippen LogP contribution in [0.4, 0.5) is 15.8 Å². The molecule has 3 rings (SSSR count). The number of carbonyl (C=O) groups excluding carboxylic acids is 2. The van der Waals surface area contributed by atoms with E-state index >= 15 is 0 Å². The summed E-state index contributed by atoms with van der Waals surface area (Å²) in [6, 6.07) is 20.1. The first-order chi connectivity index (χ1) is 14.4. The van der Waals surface area contributed by atoms with Crippen LogP contribution in [0.3, 0.4) is 0 Å². The summed E-state index contributed by atoms with van der Waals surface area (Å²) < 4.78 is 19.2. The van der Waals surface area contributed by atoms with Crippen molar-refractivity contribution in [3.8, 4) is 5.75 Å². The Kier molecular flexibility index (Phi) is 6.80. The van der Waals surface area contributed by atoms with Crippen molar-refractivity contribution < 1.29 is 18.7 Å². The zero-order valence-corrected chi connectivity index (χ0v) is 16.8. The lowest BCUT2D eigenvalue weighted by Gasteiger charge is -2.13. The molecule has 2 amide bonds.